The standard InChI is InChI=1S/CI2O.Pt/c2-1(3)4;/q;+2. The third-order valence-corrected chi connectivity index (χ3v) is 0. The Bertz CT molecular complexity index is 32.6. The molecule has 0 rings (SSSR count). The number of carbonyl (C=O) groups excluding carboxylic acids is 1. The first kappa shape index (κ1) is 9.94. The largest absolute Gasteiger partial charge is 2.00 e. The van der Waals surface area contributed by atoms with Crippen LogP contribution in [0.25, 0.3) is 0 Å². The van der Waals surface area contributed by atoms with E-state index in [1.807, 2.05) is 0 Å². The second-order valence-electron chi connectivity index (χ2n) is 0.226. The SMILES string of the molecule is O=C(I)I.[Pt+2]. The number of carbonyl (C=O) groups is 1. The first-order valence-corrected chi connectivity index (χ1v) is 2.74. The molecule has 0 bridgehead atoms. The van der Waals surface area contributed by atoms with E-state index in [0.29, 0.717) is 0 Å². The van der Waals surface area contributed by atoms with E-state index in [1.165, 1.54) is 0 Å². The molecule has 0 radical (unpaired) electrons. The van der Waals surface area contributed by atoms with Crippen molar-refractivity contribution in [2.75, 3.05) is 0 Å². The molecule has 32 valence electrons. The minimum Gasteiger partial charge on any atom is -0.276 e. The van der Waals surface area contributed by atoms with Crippen molar-refractivity contribution in [3.8, 4) is 0 Å². The molecule has 0 fully saturated rings. The van der Waals surface area contributed by atoms with Crippen LogP contribution in [0.2, 0.25) is 0 Å². The summed E-state index contributed by atoms with van der Waals surface area (Å²) in [7, 11) is 0. The summed E-state index contributed by atoms with van der Waals surface area (Å²) in [6.45, 7) is 0. The van der Waals surface area contributed by atoms with E-state index in [0.717, 1.165) is 0 Å². The number of halogens is 2. The Balaban J connectivity index is 0. The summed E-state index contributed by atoms with van der Waals surface area (Å²) >= 11 is 3.38. The predicted molar refractivity (Wildman–Crippen MR) is 33.4 cm³/mol. The Morgan fingerprint density at radius 2 is 1.40 bits per heavy atom. The molecule has 0 aliphatic heterocycles. The maximum absolute atomic E-state index is 9.42. The van der Waals surface area contributed by atoms with Crippen LogP contribution in [0.15, 0.2) is 0 Å². The van der Waals surface area contributed by atoms with Crippen molar-refractivity contribution in [2.45, 2.75) is 0 Å². The van der Waals surface area contributed by atoms with Gasteiger partial charge in [-0.25, -0.2) is 0 Å². The second kappa shape index (κ2) is 5.82. The summed E-state index contributed by atoms with van der Waals surface area (Å²) in [6.07, 6.45) is 0. The van der Waals surface area contributed by atoms with E-state index >= 15 is 0 Å². The molecule has 0 aromatic carbocycles. The van der Waals surface area contributed by atoms with E-state index in [9.17, 15) is 4.79 Å². The quantitative estimate of drug-likeness (QED) is 0.386. The molecule has 0 aliphatic carbocycles. The van der Waals surface area contributed by atoms with Crippen LogP contribution in [0.5, 0.6) is 0 Å². The maximum atomic E-state index is 9.42. The van der Waals surface area contributed by atoms with Gasteiger partial charge in [0.1, 0.15) is 0 Å². The number of hydrogen-bond acceptors (Lipinski definition) is 1. The summed E-state index contributed by atoms with van der Waals surface area (Å²) in [6, 6.07) is 0. The molecule has 0 aliphatic rings. The maximum Gasteiger partial charge on any atom is 2.00 e. The third kappa shape index (κ3) is 25.7. The molecule has 0 saturated carbocycles. The topological polar surface area (TPSA) is 17.1 Å². The van der Waals surface area contributed by atoms with Crippen LogP contribution >= 0.6 is 45.2 Å². The molecular formula is CI2OPt+2. The van der Waals surface area contributed by atoms with Gasteiger partial charge >= 0.3 is 21.1 Å². The summed E-state index contributed by atoms with van der Waals surface area (Å²) in [5.74, 6) is 0. The molecule has 0 saturated heterocycles. The summed E-state index contributed by atoms with van der Waals surface area (Å²) in [4.78, 5) is 9.42. The smallest absolute Gasteiger partial charge is 0.276 e. The van der Waals surface area contributed by atoms with Crippen molar-refractivity contribution in [2.24, 2.45) is 0 Å². The minimum atomic E-state index is 0. The predicted octanol–water partition coefficient (Wildman–Crippen LogP) is 1.97. The molecule has 0 heterocycles. The monoisotopic (exact) mass is 477 g/mol. The van der Waals surface area contributed by atoms with Gasteiger partial charge in [-0.1, -0.05) is 0 Å². The molecule has 0 aromatic heterocycles. The molecule has 4 heteroatoms. The van der Waals surface area contributed by atoms with Crippen molar-refractivity contribution < 1.29 is 25.9 Å². The fourth-order valence-corrected chi connectivity index (χ4v) is 0. The third-order valence-electron chi connectivity index (χ3n) is 0. The van der Waals surface area contributed by atoms with Crippen molar-refractivity contribution in [1.29, 1.82) is 0 Å². The van der Waals surface area contributed by atoms with Crippen LogP contribution in [0, 0.1) is 0 Å². The summed E-state index contributed by atoms with van der Waals surface area (Å²) in [5, 5.41) is 0. The van der Waals surface area contributed by atoms with Crippen molar-refractivity contribution in [1.82, 2.24) is 0 Å². The van der Waals surface area contributed by atoms with Gasteiger partial charge in [0.15, 0.2) is 0 Å². The van der Waals surface area contributed by atoms with Gasteiger partial charge in [-0.15, -0.1) is 0 Å². The van der Waals surface area contributed by atoms with Gasteiger partial charge < -0.3 is 0 Å². The fourth-order valence-electron chi connectivity index (χ4n) is 0. The van der Waals surface area contributed by atoms with Gasteiger partial charge in [0.25, 0.3) is 1.80 Å². The van der Waals surface area contributed by atoms with Gasteiger partial charge in [-0.3, -0.25) is 4.79 Å². The summed E-state index contributed by atoms with van der Waals surface area (Å²) < 4.78 is 0.107. The molecule has 0 amide bonds. The Kier molecular flexibility index (Phi) is 11.6. The van der Waals surface area contributed by atoms with Crippen molar-refractivity contribution in [3.05, 3.63) is 0 Å². The Morgan fingerprint density at radius 3 is 1.40 bits per heavy atom. The second-order valence-corrected chi connectivity index (χ2v) is 4.25. The zero-order valence-electron chi connectivity index (χ0n) is 1.98. The Hall–Kier alpha value is 1.82. The van der Waals surface area contributed by atoms with Gasteiger partial charge in [0.2, 0.25) is 0 Å². The molecule has 0 atom stereocenters. The number of rotatable bonds is 0. The van der Waals surface area contributed by atoms with Crippen molar-refractivity contribution >= 4 is 47.0 Å². The molecule has 0 spiro atoms. The molecule has 5 heavy (non-hydrogen) atoms. The van der Waals surface area contributed by atoms with E-state index < -0.39 is 0 Å². The molecule has 1 nitrogen and oxygen atoms in total. The zero-order valence-corrected chi connectivity index (χ0v) is 8.57. The average molecular weight is 477 g/mol. The molecule has 0 N–H and O–H groups in total. The molecule has 0 unspecified atom stereocenters. The van der Waals surface area contributed by atoms with E-state index in [1.54, 1.807) is 45.2 Å². The van der Waals surface area contributed by atoms with Gasteiger partial charge in [0, 0.05) is 45.2 Å². The first-order valence-electron chi connectivity index (χ1n) is 0.582. The summed E-state index contributed by atoms with van der Waals surface area (Å²) in [5.41, 5.74) is 0. The van der Waals surface area contributed by atoms with Crippen LogP contribution in [-0.4, -0.2) is 1.80 Å². The van der Waals surface area contributed by atoms with Crippen molar-refractivity contribution in [3.63, 3.8) is 0 Å². The Labute approximate surface area is 71.8 Å². The Morgan fingerprint density at radius 1 is 1.40 bits per heavy atom. The van der Waals surface area contributed by atoms with Crippen LogP contribution in [0.3, 0.4) is 0 Å². The van der Waals surface area contributed by atoms with Gasteiger partial charge in [-0.2, -0.15) is 0 Å². The van der Waals surface area contributed by atoms with Gasteiger partial charge in [-0.05, 0) is 0 Å². The fraction of sp³-hybridized carbons (Fsp3) is 0. The molecular weight excluding hydrogens is 477 g/mol. The van der Waals surface area contributed by atoms with Crippen LogP contribution in [0.1, 0.15) is 0 Å². The first-order chi connectivity index (χ1) is 1.73. The van der Waals surface area contributed by atoms with Gasteiger partial charge in [0.05, 0.1) is 0 Å². The van der Waals surface area contributed by atoms with Crippen LogP contribution in [0.4, 0.5) is 4.79 Å². The van der Waals surface area contributed by atoms with E-state index in [-0.39, 0.29) is 22.9 Å². The number of hydrogen-bond donors (Lipinski definition) is 0. The average Bonchev–Trinajstić information content (AvgIpc) is 0.811. The van der Waals surface area contributed by atoms with Crippen LogP contribution in [-0.2, 0) is 21.1 Å². The minimum absolute atomic E-state index is 0. The molecule has 0 aromatic rings. The normalized spacial score (nSPS) is 5.20. The van der Waals surface area contributed by atoms with E-state index in [4.69, 9.17) is 0 Å². The van der Waals surface area contributed by atoms with Crippen LogP contribution < -0.4 is 0 Å². The van der Waals surface area contributed by atoms with E-state index in [2.05, 4.69) is 0 Å². The zero-order chi connectivity index (χ0) is 3.58.